The number of hydrogen-bond donors (Lipinski definition) is 1. The molecule has 1 N–H and O–H groups in total. The van der Waals surface area contributed by atoms with Gasteiger partial charge in [0, 0.05) is 11.4 Å². The minimum absolute atomic E-state index is 0.0216. The molecule has 1 saturated heterocycles. The van der Waals surface area contributed by atoms with Crippen LogP contribution in [0, 0.1) is 0 Å². The number of nitrogens with zero attached hydrogens (tertiary/aromatic N) is 1. The van der Waals surface area contributed by atoms with E-state index < -0.39 is 0 Å². The zero-order valence-corrected chi connectivity index (χ0v) is 12.4. The first-order valence-electron chi connectivity index (χ1n) is 7.31. The van der Waals surface area contributed by atoms with Crippen molar-refractivity contribution in [3.8, 4) is 0 Å². The maximum atomic E-state index is 13.2. The summed E-state index contributed by atoms with van der Waals surface area (Å²) in [5, 5.41) is 11.5. The lowest BCUT2D eigenvalue weighted by atomic mass is 9.82. The smallest absolute Gasteiger partial charge is 0.234 e. The first kappa shape index (κ1) is 14.0. The molecule has 2 fully saturated rings. The summed E-state index contributed by atoms with van der Waals surface area (Å²) in [4.78, 5) is 16.2. The van der Waals surface area contributed by atoms with Gasteiger partial charge in [-0.3, -0.25) is 4.79 Å². The summed E-state index contributed by atoms with van der Waals surface area (Å²) in [5.41, 5.74) is -0.348. The molecule has 2 heterocycles. The first-order valence-corrected chi connectivity index (χ1v) is 8.19. The van der Waals surface area contributed by atoms with Crippen LogP contribution < -0.4 is 0 Å². The van der Waals surface area contributed by atoms with Crippen molar-refractivity contribution in [2.75, 3.05) is 26.4 Å². The summed E-state index contributed by atoms with van der Waals surface area (Å²) in [6, 6.07) is 3.92. The van der Waals surface area contributed by atoms with Crippen molar-refractivity contribution < 1.29 is 14.6 Å². The van der Waals surface area contributed by atoms with Crippen molar-refractivity contribution >= 4 is 17.2 Å². The van der Waals surface area contributed by atoms with E-state index in [0.717, 1.165) is 25.7 Å². The highest BCUT2D eigenvalue weighted by molar-refractivity contribution is 7.10. The van der Waals surface area contributed by atoms with E-state index in [4.69, 9.17) is 4.74 Å². The first-order chi connectivity index (χ1) is 9.78. The minimum atomic E-state index is -0.348. The zero-order chi connectivity index (χ0) is 14.0. The highest BCUT2D eigenvalue weighted by atomic mass is 32.1. The fourth-order valence-electron chi connectivity index (χ4n) is 3.44. The molecule has 20 heavy (non-hydrogen) atoms. The number of aliphatic hydroxyl groups excluding tert-OH is 1. The molecule has 4 nitrogen and oxygen atoms in total. The van der Waals surface area contributed by atoms with E-state index in [9.17, 15) is 9.90 Å². The maximum absolute atomic E-state index is 13.2. The molecule has 1 amide bonds. The normalized spacial score (nSPS) is 25.9. The Bertz CT molecular complexity index is 454. The Kier molecular flexibility index (Phi) is 4.10. The summed E-state index contributed by atoms with van der Waals surface area (Å²) < 4.78 is 5.39. The van der Waals surface area contributed by atoms with Crippen LogP contribution in [0.15, 0.2) is 17.5 Å². The Morgan fingerprint density at radius 2 is 2.30 bits per heavy atom. The van der Waals surface area contributed by atoms with Gasteiger partial charge >= 0.3 is 0 Å². The van der Waals surface area contributed by atoms with E-state index in [-0.39, 0.29) is 24.0 Å². The number of thiophene rings is 1. The van der Waals surface area contributed by atoms with Crippen molar-refractivity contribution in [2.24, 2.45) is 0 Å². The molecule has 1 aromatic rings. The molecule has 0 bridgehead atoms. The summed E-state index contributed by atoms with van der Waals surface area (Å²) >= 11 is 1.68. The molecule has 1 aliphatic heterocycles. The number of carbonyl (C=O) groups excluding carboxylic acids is 1. The number of amides is 1. The molecule has 1 atom stereocenters. The Hall–Kier alpha value is -0.910. The van der Waals surface area contributed by atoms with Gasteiger partial charge in [0.15, 0.2) is 0 Å². The number of ether oxygens (including phenoxy) is 1. The quantitative estimate of drug-likeness (QED) is 0.925. The number of aliphatic hydroxyl groups is 1. The fourth-order valence-corrected chi connectivity index (χ4v) is 4.42. The average molecular weight is 295 g/mol. The molecule has 0 aromatic carbocycles. The number of morpholine rings is 1. The molecule has 3 rings (SSSR count). The van der Waals surface area contributed by atoms with Gasteiger partial charge in [-0.1, -0.05) is 18.9 Å². The summed E-state index contributed by atoms with van der Waals surface area (Å²) in [6.45, 7) is 1.59. The van der Waals surface area contributed by atoms with E-state index >= 15 is 0 Å². The predicted molar refractivity (Wildman–Crippen MR) is 77.9 cm³/mol. The lowest BCUT2D eigenvalue weighted by Crippen LogP contribution is -2.56. The minimum Gasteiger partial charge on any atom is -0.394 e. The van der Waals surface area contributed by atoms with Gasteiger partial charge in [-0.15, -0.1) is 11.3 Å². The van der Waals surface area contributed by atoms with Crippen molar-refractivity contribution in [1.29, 1.82) is 0 Å². The summed E-state index contributed by atoms with van der Waals surface area (Å²) in [5.74, 6) is 0.194. The molecule has 1 saturated carbocycles. The molecule has 1 aliphatic carbocycles. The lowest BCUT2D eigenvalue weighted by Gasteiger charge is -2.40. The average Bonchev–Trinajstić information content (AvgIpc) is 3.17. The van der Waals surface area contributed by atoms with Crippen LogP contribution in [-0.2, 0) is 14.9 Å². The molecular formula is C15H21NO3S. The summed E-state index contributed by atoms with van der Waals surface area (Å²) in [7, 11) is 0. The molecule has 0 radical (unpaired) electrons. The van der Waals surface area contributed by atoms with E-state index in [2.05, 4.69) is 6.07 Å². The molecule has 5 heteroatoms. The fraction of sp³-hybridized carbons (Fsp3) is 0.667. The van der Waals surface area contributed by atoms with E-state index in [1.165, 1.54) is 4.88 Å². The van der Waals surface area contributed by atoms with E-state index in [1.54, 1.807) is 11.3 Å². The third kappa shape index (κ3) is 2.28. The maximum Gasteiger partial charge on any atom is 0.234 e. The highest BCUT2D eigenvalue weighted by Crippen LogP contribution is 2.44. The molecule has 110 valence electrons. The zero-order valence-electron chi connectivity index (χ0n) is 11.6. The van der Waals surface area contributed by atoms with Crippen molar-refractivity contribution in [3.63, 3.8) is 0 Å². The second kappa shape index (κ2) is 5.84. The van der Waals surface area contributed by atoms with Crippen LogP contribution in [0.1, 0.15) is 30.6 Å². The van der Waals surface area contributed by atoms with Crippen LogP contribution in [0.2, 0.25) is 0 Å². The van der Waals surface area contributed by atoms with Crippen LogP contribution in [-0.4, -0.2) is 48.3 Å². The van der Waals surface area contributed by atoms with Crippen LogP contribution in [0.5, 0.6) is 0 Å². The number of hydrogen-bond acceptors (Lipinski definition) is 4. The van der Waals surface area contributed by atoms with Crippen molar-refractivity contribution in [3.05, 3.63) is 22.4 Å². The number of rotatable bonds is 3. The van der Waals surface area contributed by atoms with Gasteiger partial charge in [0.1, 0.15) is 0 Å². The van der Waals surface area contributed by atoms with Crippen molar-refractivity contribution in [1.82, 2.24) is 4.90 Å². The topological polar surface area (TPSA) is 49.8 Å². The molecule has 2 aliphatic rings. The van der Waals surface area contributed by atoms with Gasteiger partial charge in [0.05, 0.1) is 31.3 Å². The van der Waals surface area contributed by atoms with Gasteiger partial charge in [-0.2, -0.15) is 0 Å². The molecule has 0 unspecified atom stereocenters. The summed E-state index contributed by atoms with van der Waals surface area (Å²) in [6.07, 6.45) is 4.08. The third-order valence-electron chi connectivity index (χ3n) is 4.56. The number of carbonyl (C=O) groups is 1. The van der Waals surface area contributed by atoms with Gasteiger partial charge in [0.25, 0.3) is 0 Å². The molecule has 0 spiro atoms. The van der Waals surface area contributed by atoms with E-state index in [1.807, 2.05) is 16.3 Å². The van der Waals surface area contributed by atoms with Gasteiger partial charge in [-0.25, -0.2) is 0 Å². The Balaban J connectivity index is 1.89. The molecule has 1 aromatic heterocycles. The highest BCUT2D eigenvalue weighted by Gasteiger charge is 2.47. The van der Waals surface area contributed by atoms with Crippen LogP contribution >= 0.6 is 11.3 Å². The largest absolute Gasteiger partial charge is 0.394 e. The second-order valence-corrected chi connectivity index (χ2v) is 6.62. The van der Waals surface area contributed by atoms with Gasteiger partial charge in [0.2, 0.25) is 5.91 Å². The van der Waals surface area contributed by atoms with Gasteiger partial charge in [-0.05, 0) is 24.3 Å². The predicted octanol–water partition coefficient (Wildman–Crippen LogP) is 1.78. The Labute approximate surface area is 123 Å². The third-order valence-corrected chi connectivity index (χ3v) is 5.63. The van der Waals surface area contributed by atoms with E-state index in [0.29, 0.717) is 19.8 Å². The standard InChI is InChI=1S/C15H21NO3S/c17-10-12-11-19-8-7-16(12)14(18)15(5-1-2-6-15)13-4-3-9-20-13/h3-4,9,12,17H,1-2,5-8,10-11H2/t12-/m0/s1. The monoisotopic (exact) mass is 295 g/mol. The Morgan fingerprint density at radius 3 is 2.95 bits per heavy atom. The second-order valence-electron chi connectivity index (χ2n) is 5.68. The Morgan fingerprint density at radius 1 is 1.50 bits per heavy atom. The van der Waals surface area contributed by atoms with Gasteiger partial charge < -0.3 is 14.7 Å². The van der Waals surface area contributed by atoms with Crippen LogP contribution in [0.4, 0.5) is 0 Å². The lowest BCUT2D eigenvalue weighted by molar-refractivity contribution is -0.147. The van der Waals surface area contributed by atoms with Crippen molar-refractivity contribution in [2.45, 2.75) is 37.1 Å². The van der Waals surface area contributed by atoms with Crippen LogP contribution in [0.3, 0.4) is 0 Å². The SMILES string of the molecule is O=C(N1CCOC[C@@H]1CO)C1(c2cccs2)CCCC1. The molecular weight excluding hydrogens is 274 g/mol. The van der Waals surface area contributed by atoms with Crippen LogP contribution in [0.25, 0.3) is 0 Å².